The van der Waals surface area contributed by atoms with Gasteiger partial charge in [0, 0.05) is 6.54 Å². The summed E-state index contributed by atoms with van der Waals surface area (Å²) in [6.07, 6.45) is 3.00. The second kappa shape index (κ2) is 8.42. The summed E-state index contributed by atoms with van der Waals surface area (Å²) in [5.41, 5.74) is 2.26. The smallest absolute Gasteiger partial charge is 0.165 e. The first kappa shape index (κ1) is 15.5. The fourth-order valence-corrected chi connectivity index (χ4v) is 2.23. The third kappa shape index (κ3) is 5.20. The van der Waals surface area contributed by atoms with Gasteiger partial charge in [-0.1, -0.05) is 36.4 Å². The van der Waals surface area contributed by atoms with Crippen LogP contribution in [0, 0.1) is 5.82 Å². The van der Waals surface area contributed by atoms with Crippen molar-refractivity contribution in [2.24, 2.45) is 0 Å². The molecule has 0 saturated heterocycles. The van der Waals surface area contributed by atoms with Crippen LogP contribution in [0.15, 0.2) is 48.5 Å². The van der Waals surface area contributed by atoms with Crippen LogP contribution >= 0.6 is 0 Å². The minimum Gasteiger partial charge on any atom is -0.491 e. The largest absolute Gasteiger partial charge is 0.491 e. The molecule has 3 heteroatoms. The first-order valence-electron chi connectivity index (χ1n) is 7.39. The number of rotatable bonds is 8. The number of nitrogens with one attached hydrogen (secondary N) is 1. The molecule has 0 aliphatic rings. The van der Waals surface area contributed by atoms with E-state index in [1.54, 1.807) is 6.07 Å². The summed E-state index contributed by atoms with van der Waals surface area (Å²) in [4.78, 5) is 0. The van der Waals surface area contributed by atoms with Crippen LogP contribution in [0.1, 0.15) is 24.0 Å². The fourth-order valence-electron chi connectivity index (χ4n) is 2.23. The van der Waals surface area contributed by atoms with Gasteiger partial charge in [0.05, 0.1) is 6.61 Å². The Kier molecular flexibility index (Phi) is 6.22. The van der Waals surface area contributed by atoms with Gasteiger partial charge in [0.25, 0.3) is 0 Å². The molecule has 0 amide bonds. The summed E-state index contributed by atoms with van der Waals surface area (Å²) in [5.74, 6) is 0.0559. The Labute approximate surface area is 126 Å². The lowest BCUT2D eigenvalue weighted by Gasteiger charge is -2.09. The maximum atomic E-state index is 13.8. The molecule has 21 heavy (non-hydrogen) atoms. The highest BCUT2D eigenvalue weighted by atomic mass is 19.1. The predicted molar refractivity (Wildman–Crippen MR) is 84.0 cm³/mol. The summed E-state index contributed by atoms with van der Waals surface area (Å²) in [7, 11) is 1.84. The number of halogens is 1. The molecule has 2 nitrogen and oxygen atoms in total. The van der Waals surface area contributed by atoms with E-state index >= 15 is 0 Å². The van der Waals surface area contributed by atoms with Gasteiger partial charge in [-0.3, -0.25) is 0 Å². The molecule has 0 atom stereocenters. The van der Waals surface area contributed by atoms with Gasteiger partial charge in [-0.05, 0) is 49.6 Å². The summed E-state index contributed by atoms with van der Waals surface area (Å²) in [6, 6.07) is 15.5. The van der Waals surface area contributed by atoms with Gasteiger partial charge in [0.2, 0.25) is 0 Å². The van der Waals surface area contributed by atoms with Crippen molar-refractivity contribution in [2.45, 2.75) is 25.8 Å². The standard InChI is InChI=1S/C18H22FNO/c1-20-14-16-10-11-18(17(19)13-16)21-12-6-5-9-15-7-3-2-4-8-15/h2-4,7-8,10-11,13,20H,5-6,9,12,14H2,1H3. The second-order valence-corrected chi connectivity index (χ2v) is 5.09. The highest BCUT2D eigenvalue weighted by Crippen LogP contribution is 2.18. The zero-order chi connectivity index (χ0) is 14.9. The zero-order valence-corrected chi connectivity index (χ0v) is 12.4. The van der Waals surface area contributed by atoms with E-state index in [9.17, 15) is 4.39 Å². The van der Waals surface area contributed by atoms with E-state index in [1.165, 1.54) is 11.6 Å². The van der Waals surface area contributed by atoms with Crippen molar-refractivity contribution in [1.29, 1.82) is 0 Å². The molecular weight excluding hydrogens is 265 g/mol. The number of ether oxygens (including phenoxy) is 1. The number of unbranched alkanes of at least 4 members (excludes halogenated alkanes) is 1. The van der Waals surface area contributed by atoms with Crippen molar-refractivity contribution in [3.8, 4) is 5.75 Å². The molecule has 0 bridgehead atoms. The topological polar surface area (TPSA) is 21.3 Å². The number of benzene rings is 2. The van der Waals surface area contributed by atoms with Crippen molar-refractivity contribution >= 4 is 0 Å². The molecule has 0 saturated carbocycles. The van der Waals surface area contributed by atoms with E-state index in [2.05, 4.69) is 17.4 Å². The highest BCUT2D eigenvalue weighted by Gasteiger charge is 2.04. The lowest BCUT2D eigenvalue weighted by Crippen LogP contribution is -2.06. The minimum absolute atomic E-state index is 0.286. The quantitative estimate of drug-likeness (QED) is 0.742. The molecule has 0 aliphatic heterocycles. The first-order valence-corrected chi connectivity index (χ1v) is 7.39. The van der Waals surface area contributed by atoms with Crippen molar-refractivity contribution in [2.75, 3.05) is 13.7 Å². The zero-order valence-electron chi connectivity index (χ0n) is 12.4. The summed E-state index contributed by atoms with van der Waals surface area (Å²) in [6.45, 7) is 1.21. The van der Waals surface area contributed by atoms with Crippen molar-refractivity contribution in [1.82, 2.24) is 5.32 Å². The third-order valence-electron chi connectivity index (χ3n) is 3.34. The number of hydrogen-bond acceptors (Lipinski definition) is 2. The maximum Gasteiger partial charge on any atom is 0.165 e. The van der Waals surface area contributed by atoms with Crippen LogP contribution in [0.5, 0.6) is 5.75 Å². The Balaban J connectivity index is 1.71. The lowest BCUT2D eigenvalue weighted by molar-refractivity contribution is 0.292. The molecule has 1 N–H and O–H groups in total. The van der Waals surface area contributed by atoms with Crippen LogP contribution in [0.4, 0.5) is 4.39 Å². The molecule has 2 aromatic rings. The average Bonchev–Trinajstić information content (AvgIpc) is 2.50. The van der Waals surface area contributed by atoms with Gasteiger partial charge in [0.1, 0.15) is 0 Å². The highest BCUT2D eigenvalue weighted by molar-refractivity contribution is 5.29. The van der Waals surface area contributed by atoms with Crippen molar-refractivity contribution in [3.05, 3.63) is 65.5 Å². The molecule has 112 valence electrons. The normalized spacial score (nSPS) is 10.6. The van der Waals surface area contributed by atoms with E-state index in [-0.39, 0.29) is 5.82 Å². The fraction of sp³-hybridized carbons (Fsp3) is 0.333. The van der Waals surface area contributed by atoms with Crippen LogP contribution in [-0.4, -0.2) is 13.7 Å². The van der Waals surface area contributed by atoms with Gasteiger partial charge in [-0.2, -0.15) is 0 Å². The van der Waals surface area contributed by atoms with E-state index in [1.807, 2.05) is 31.3 Å². The van der Waals surface area contributed by atoms with E-state index in [0.29, 0.717) is 18.9 Å². The molecule has 2 rings (SSSR count). The molecule has 0 aromatic heterocycles. The maximum absolute atomic E-state index is 13.8. The predicted octanol–water partition coefficient (Wildman–Crippen LogP) is 3.95. The molecule has 0 fully saturated rings. The molecule has 0 radical (unpaired) electrons. The van der Waals surface area contributed by atoms with E-state index in [0.717, 1.165) is 24.8 Å². The van der Waals surface area contributed by atoms with Crippen LogP contribution in [-0.2, 0) is 13.0 Å². The Bertz CT molecular complexity index is 542. The Morgan fingerprint density at radius 1 is 1.00 bits per heavy atom. The summed E-state index contributed by atoms with van der Waals surface area (Å²) < 4.78 is 19.3. The molecule has 0 heterocycles. The molecule has 0 aliphatic carbocycles. The monoisotopic (exact) mass is 287 g/mol. The van der Waals surface area contributed by atoms with Gasteiger partial charge in [-0.15, -0.1) is 0 Å². The van der Waals surface area contributed by atoms with Gasteiger partial charge >= 0.3 is 0 Å². The average molecular weight is 287 g/mol. The Hall–Kier alpha value is -1.87. The van der Waals surface area contributed by atoms with E-state index < -0.39 is 0 Å². The summed E-state index contributed by atoms with van der Waals surface area (Å²) >= 11 is 0. The Morgan fingerprint density at radius 3 is 2.52 bits per heavy atom. The number of aryl methyl sites for hydroxylation is 1. The first-order chi connectivity index (χ1) is 10.3. The van der Waals surface area contributed by atoms with Gasteiger partial charge in [0.15, 0.2) is 11.6 Å². The molecule has 0 unspecified atom stereocenters. The Morgan fingerprint density at radius 2 is 1.81 bits per heavy atom. The lowest BCUT2D eigenvalue weighted by atomic mass is 10.1. The molecular formula is C18H22FNO. The van der Waals surface area contributed by atoms with E-state index in [4.69, 9.17) is 4.74 Å². The van der Waals surface area contributed by atoms with Gasteiger partial charge in [-0.25, -0.2) is 4.39 Å². The van der Waals surface area contributed by atoms with Crippen LogP contribution < -0.4 is 10.1 Å². The second-order valence-electron chi connectivity index (χ2n) is 5.09. The van der Waals surface area contributed by atoms with Crippen LogP contribution in [0.25, 0.3) is 0 Å². The van der Waals surface area contributed by atoms with Crippen LogP contribution in [0.3, 0.4) is 0 Å². The SMILES string of the molecule is CNCc1ccc(OCCCCc2ccccc2)c(F)c1. The van der Waals surface area contributed by atoms with Crippen molar-refractivity contribution < 1.29 is 9.13 Å². The minimum atomic E-state index is -0.286. The molecule has 2 aromatic carbocycles. The molecule has 0 spiro atoms. The summed E-state index contributed by atoms with van der Waals surface area (Å²) in [5, 5.41) is 3.00. The van der Waals surface area contributed by atoms with Gasteiger partial charge < -0.3 is 10.1 Å². The van der Waals surface area contributed by atoms with Crippen molar-refractivity contribution in [3.63, 3.8) is 0 Å². The number of hydrogen-bond donors (Lipinski definition) is 1. The van der Waals surface area contributed by atoms with Crippen LogP contribution in [0.2, 0.25) is 0 Å². The third-order valence-corrected chi connectivity index (χ3v) is 3.34.